The number of carbonyl (C=O) groups excluding carboxylic acids is 1. The molecule has 82 valence electrons. The van der Waals surface area contributed by atoms with Gasteiger partial charge in [0.25, 0.3) is 5.91 Å². The van der Waals surface area contributed by atoms with E-state index in [0.29, 0.717) is 5.69 Å². The van der Waals surface area contributed by atoms with Gasteiger partial charge < -0.3 is 9.63 Å². The highest BCUT2D eigenvalue weighted by Crippen LogP contribution is 2.15. The SMILES string of the molecule is Cc1cc(NC(=O)c2ncccc2O)on1. The van der Waals surface area contributed by atoms with Gasteiger partial charge in [0.2, 0.25) is 5.88 Å². The standard InChI is InChI=1S/C10H9N3O3/c1-6-5-8(16-13-6)12-10(15)9-7(14)3-2-4-11-9/h2-5,14H,1H3,(H,12,15). The zero-order valence-electron chi connectivity index (χ0n) is 8.47. The third-order valence-electron chi connectivity index (χ3n) is 1.87. The van der Waals surface area contributed by atoms with E-state index in [1.807, 2.05) is 0 Å². The molecule has 0 aliphatic heterocycles. The van der Waals surface area contributed by atoms with Gasteiger partial charge in [-0.1, -0.05) is 5.16 Å². The summed E-state index contributed by atoms with van der Waals surface area (Å²) < 4.78 is 4.80. The number of hydrogen-bond acceptors (Lipinski definition) is 5. The minimum absolute atomic E-state index is 0.0587. The second-order valence-electron chi connectivity index (χ2n) is 3.16. The first-order valence-electron chi connectivity index (χ1n) is 4.55. The van der Waals surface area contributed by atoms with Crippen molar-refractivity contribution in [1.82, 2.24) is 10.1 Å². The van der Waals surface area contributed by atoms with Crippen LogP contribution in [-0.4, -0.2) is 21.2 Å². The van der Waals surface area contributed by atoms with E-state index in [0.717, 1.165) is 0 Å². The van der Waals surface area contributed by atoms with Crippen molar-refractivity contribution >= 4 is 11.8 Å². The highest BCUT2D eigenvalue weighted by Gasteiger charge is 2.14. The van der Waals surface area contributed by atoms with Crippen LogP contribution in [0.15, 0.2) is 28.9 Å². The predicted octanol–water partition coefficient (Wildman–Crippen LogP) is 1.34. The Hall–Kier alpha value is -2.37. The molecule has 0 atom stereocenters. The summed E-state index contributed by atoms with van der Waals surface area (Å²) in [4.78, 5) is 15.4. The van der Waals surface area contributed by atoms with E-state index in [1.165, 1.54) is 18.3 Å². The summed E-state index contributed by atoms with van der Waals surface area (Å²) in [5.41, 5.74) is 0.595. The van der Waals surface area contributed by atoms with Crippen molar-refractivity contribution in [2.75, 3.05) is 5.32 Å². The van der Waals surface area contributed by atoms with Gasteiger partial charge in [-0.15, -0.1) is 0 Å². The molecule has 0 unspecified atom stereocenters. The zero-order valence-corrected chi connectivity index (χ0v) is 8.47. The molecule has 0 spiro atoms. The number of aryl methyl sites for hydroxylation is 1. The molecule has 0 saturated heterocycles. The molecule has 0 saturated carbocycles. The summed E-state index contributed by atoms with van der Waals surface area (Å²) >= 11 is 0. The maximum Gasteiger partial charge on any atom is 0.280 e. The zero-order chi connectivity index (χ0) is 11.5. The van der Waals surface area contributed by atoms with E-state index < -0.39 is 5.91 Å². The third kappa shape index (κ3) is 2.00. The maximum atomic E-state index is 11.6. The van der Waals surface area contributed by atoms with Gasteiger partial charge in [0.15, 0.2) is 5.69 Å². The average Bonchev–Trinajstić information content (AvgIpc) is 2.64. The Morgan fingerprint density at radius 2 is 2.38 bits per heavy atom. The molecule has 16 heavy (non-hydrogen) atoms. The number of pyridine rings is 1. The molecule has 1 amide bonds. The number of amides is 1. The molecule has 2 aromatic rings. The van der Waals surface area contributed by atoms with Crippen molar-refractivity contribution < 1.29 is 14.4 Å². The van der Waals surface area contributed by atoms with Gasteiger partial charge in [-0.3, -0.25) is 10.1 Å². The van der Waals surface area contributed by atoms with Crippen molar-refractivity contribution in [2.24, 2.45) is 0 Å². The van der Waals surface area contributed by atoms with Crippen LogP contribution in [0.1, 0.15) is 16.2 Å². The van der Waals surface area contributed by atoms with Crippen LogP contribution >= 0.6 is 0 Å². The van der Waals surface area contributed by atoms with Crippen LogP contribution in [0, 0.1) is 6.92 Å². The Morgan fingerprint density at radius 1 is 1.56 bits per heavy atom. The maximum absolute atomic E-state index is 11.6. The first-order valence-corrected chi connectivity index (χ1v) is 4.55. The fourth-order valence-corrected chi connectivity index (χ4v) is 1.17. The molecule has 2 N–H and O–H groups in total. The fourth-order valence-electron chi connectivity index (χ4n) is 1.17. The number of aromatic hydroxyl groups is 1. The Bertz CT molecular complexity index is 522. The molecule has 0 aromatic carbocycles. The molecular weight excluding hydrogens is 210 g/mol. The molecule has 0 fully saturated rings. The summed E-state index contributed by atoms with van der Waals surface area (Å²) in [5, 5.41) is 15.4. The Labute approximate surface area is 90.9 Å². The number of nitrogens with zero attached hydrogens (tertiary/aromatic N) is 2. The van der Waals surface area contributed by atoms with Crippen LogP contribution in [0.5, 0.6) is 5.75 Å². The minimum Gasteiger partial charge on any atom is -0.505 e. The largest absolute Gasteiger partial charge is 0.505 e. The minimum atomic E-state index is -0.547. The van der Waals surface area contributed by atoms with Gasteiger partial charge in [-0.25, -0.2) is 4.98 Å². The molecule has 2 rings (SSSR count). The molecule has 0 aliphatic carbocycles. The van der Waals surface area contributed by atoms with Gasteiger partial charge in [0, 0.05) is 12.3 Å². The lowest BCUT2D eigenvalue weighted by molar-refractivity contribution is 0.101. The van der Waals surface area contributed by atoms with Crippen LogP contribution in [0.25, 0.3) is 0 Å². The lowest BCUT2D eigenvalue weighted by atomic mass is 10.3. The van der Waals surface area contributed by atoms with Crippen molar-refractivity contribution in [2.45, 2.75) is 6.92 Å². The number of anilines is 1. The average molecular weight is 219 g/mol. The quantitative estimate of drug-likeness (QED) is 0.795. The Morgan fingerprint density at radius 3 is 3.00 bits per heavy atom. The molecule has 0 radical (unpaired) electrons. The topological polar surface area (TPSA) is 88.2 Å². The summed E-state index contributed by atoms with van der Waals surface area (Å²) in [7, 11) is 0. The first-order chi connectivity index (χ1) is 7.66. The molecule has 0 bridgehead atoms. The van der Waals surface area contributed by atoms with Crippen LogP contribution in [0.2, 0.25) is 0 Å². The van der Waals surface area contributed by atoms with Crippen molar-refractivity contribution in [1.29, 1.82) is 0 Å². The van der Waals surface area contributed by atoms with E-state index in [2.05, 4.69) is 15.5 Å². The summed E-state index contributed by atoms with van der Waals surface area (Å²) in [6.07, 6.45) is 1.42. The first kappa shape index (κ1) is 10.2. The van der Waals surface area contributed by atoms with E-state index in [-0.39, 0.29) is 17.3 Å². The number of hydrogen-bond donors (Lipinski definition) is 2. The van der Waals surface area contributed by atoms with Crippen molar-refractivity contribution in [3.05, 3.63) is 35.8 Å². The van der Waals surface area contributed by atoms with Crippen molar-refractivity contribution in [3.63, 3.8) is 0 Å². The van der Waals surface area contributed by atoms with Crippen LogP contribution < -0.4 is 5.32 Å². The number of carbonyl (C=O) groups is 1. The smallest absolute Gasteiger partial charge is 0.280 e. The van der Waals surface area contributed by atoms with E-state index >= 15 is 0 Å². The monoisotopic (exact) mass is 219 g/mol. The Kier molecular flexibility index (Phi) is 2.55. The molecule has 2 heterocycles. The number of aromatic nitrogens is 2. The van der Waals surface area contributed by atoms with Gasteiger partial charge >= 0.3 is 0 Å². The van der Waals surface area contributed by atoms with Gasteiger partial charge in [0.05, 0.1) is 5.69 Å². The van der Waals surface area contributed by atoms with Crippen molar-refractivity contribution in [3.8, 4) is 5.75 Å². The summed E-state index contributed by atoms with van der Waals surface area (Å²) in [6, 6.07) is 4.48. The van der Waals surface area contributed by atoms with Crippen LogP contribution in [-0.2, 0) is 0 Å². The second kappa shape index (κ2) is 4.01. The van der Waals surface area contributed by atoms with E-state index in [1.54, 1.807) is 13.0 Å². The van der Waals surface area contributed by atoms with Crippen LogP contribution in [0.4, 0.5) is 5.88 Å². The third-order valence-corrected chi connectivity index (χ3v) is 1.87. The molecule has 6 nitrogen and oxygen atoms in total. The molecule has 6 heteroatoms. The fraction of sp³-hybridized carbons (Fsp3) is 0.100. The Balaban J connectivity index is 2.18. The lowest BCUT2D eigenvalue weighted by Gasteiger charge is -2.01. The van der Waals surface area contributed by atoms with Gasteiger partial charge in [-0.2, -0.15) is 0 Å². The second-order valence-corrected chi connectivity index (χ2v) is 3.16. The molecular formula is C10H9N3O3. The van der Waals surface area contributed by atoms with Crippen LogP contribution in [0.3, 0.4) is 0 Å². The summed E-state index contributed by atoms with van der Waals surface area (Å²) in [6.45, 7) is 1.73. The van der Waals surface area contributed by atoms with E-state index in [4.69, 9.17) is 4.52 Å². The molecule has 0 aliphatic rings. The highest BCUT2D eigenvalue weighted by molar-refractivity contribution is 6.03. The van der Waals surface area contributed by atoms with Gasteiger partial charge in [0.1, 0.15) is 5.75 Å². The summed E-state index contributed by atoms with van der Waals surface area (Å²) in [5.74, 6) is -0.516. The molecule has 2 aromatic heterocycles. The number of nitrogens with one attached hydrogen (secondary N) is 1. The lowest BCUT2D eigenvalue weighted by Crippen LogP contribution is -2.13. The normalized spacial score (nSPS) is 10.1. The van der Waals surface area contributed by atoms with E-state index in [9.17, 15) is 9.90 Å². The van der Waals surface area contributed by atoms with Gasteiger partial charge in [-0.05, 0) is 19.1 Å². The number of rotatable bonds is 2. The highest BCUT2D eigenvalue weighted by atomic mass is 16.5. The predicted molar refractivity (Wildman–Crippen MR) is 55.1 cm³/mol.